The molecule has 2 fully saturated rings. The molecule has 1 aromatic rings. The first-order valence-corrected chi connectivity index (χ1v) is 10.5. The lowest BCUT2D eigenvalue weighted by Crippen LogP contribution is -2.50. The molecule has 1 unspecified atom stereocenters. The van der Waals surface area contributed by atoms with E-state index in [1.165, 1.54) is 5.56 Å². The summed E-state index contributed by atoms with van der Waals surface area (Å²) in [4.78, 5) is 24.9. The number of ether oxygens (including phenoxy) is 1. The maximum atomic E-state index is 12.0. The highest BCUT2D eigenvalue weighted by molar-refractivity contribution is 14.0. The van der Waals surface area contributed by atoms with E-state index in [-0.39, 0.29) is 36.4 Å². The van der Waals surface area contributed by atoms with E-state index in [0.717, 1.165) is 63.9 Å². The van der Waals surface area contributed by atoms with Crippen LogP contribution >= 0.6 is 24.0 Å². The normalized spacial score (nSPS) is 19.9. The molecule has 0 radical (unpaired) electrons. The number of pyridine rings is 1. The van der Waals surface area contributed by atoms with E-state index in [2.05, 4.69) is 44.6 Å². The molecule has 168 valence electrons. The molecule has 2 aliphatic rings. The number of hydrogen-bond acceptors (Lipinski definition) is 5. The Morgan fingerprint density at radius 3 is 2.67 bits per heavy atom. The van der Waals surface area contributed by atoms with Gasteiger partial charge in [-0.25, -0.2) is 9.98 Å². The van der Waals surface area contributed by atoms with Crippen molar-refractivity contribution >= 4 is 41.7 Å². The van der Waals surface area contributed by atoms with Gasteiger partial charge in [0.15, 0.2) is 5.96 Å². The largest absolute Gasteiger partial charge is 0.381 e. The van der Waals surface area contributed by atoms with Crippen molar-refractivity contribution in [3.05, 3.63) is 23.9 Å². The van der Waals surface area contributed by atoms with E-state index < -0.39 is 0 Å². The van der Waals surface area contributed by atoms with Crippen molar-refractivity contribution in [3.63, 3.8) is 0 Å². The van der Waals surface area contributed by atoms with Gasteiger partial charge < -0.3 is 25.2 Å². The molecule has 1 aromatic heterocycles. The fraction of sp³-hybridized carbons (Fsp3) is 0.667. The first-order valence-electron chi connectivity index (χ1n) is 10.5. The van der Waals surface area contributed by atoms with Gasteiger partial charge in [-0.2, -0.15) is 0 Å². The minimum absolute atomic E-state index is 0. The van der Waals surface area contributed by atoms with Crippen LogP contribution in [0.2, 0.25) is 0 Å². The van der Waals surface area contributed by atoms with Crippen molar-refractivity contribution < 1.29 is 9.53 Å². The zero-order valence-electron chi connectivity index (χ0n) is 18.3. The molecule has 2 aliphatic heterocycles. The van der Waals surface area contributed by atoms with E-state index in [4.69, 9.17) is 4.74 Å². The summed E-state index contributed by atoms with van der Waals surface area (Å²) in [7, 11) is 3.51. The van der Waals surface area contributed by atoms with Crippen LogP contribution in [0.5, 0.6) is 0 Å². The predicted molar refractivity (Wildman–Crippen MR) is 131 cm³/mol. The Morgan fingerprint density at radius 1 is 1.30 bits per heavy atom. The van der Waals surface area contributed by atoms with E-state index in [1.54, 1.807) is 19.0 Å². The summed E-state index contributed by atoms with van der Waals surface area (Å²) in [6.07, 6.45) is 5.00. The molecule has 0 bridgehead atoms. The van der Waals surface area contributed by atoms with Crippen molar-refractivity contribution in [3.8, 4) is 0 Å². The van der Waals surface area contributed by atoms with Gasteiger partial charge >= 0.3 is 0 Å². The average molecular weight is 530 g/mol. The van der Waals surface area contributed by atoms with Crippen LogP contribution < -0.4 is 15.5 Å². The third-order valence-electron chi connectivity index (χ3n) is 5.51. The Bertz CT molecular complexity index is 683. The molecule has 0 aliphatic carbocycles. The molecule has 9 heteroatoms. The van der Waals surface area contributed by atoms with Crippen LogP contribution in [0.1, 0.15) is 24.8 Å². The van der Waals surface area contributed by atoms with Crippen LogP contribution in [-0.4, -0.2) is 81.3 Å². The van der Waals surface area contributed by atoms with Crippen molar-refractivity contribution in [2.75, 3.05) is 58.4 Å². The molecule has 2 N–H and O–H groups in total. The Labute approximate surface area is 196 Å². The Hall–Kier alpha value is -1.62. The highest BCUT2D eigenvalue weighted by atomic mass is 127. The van der Waals surface area contributed by atoms with Crippen molar-refractivity contribution in [2.24, 2.45) is 10.9 Å². The number of anilines is 1. The number of halogens is 1. The molecule has 0 aromatic carbocycles. The number of aliphatic imine (C=N–C) groups is 1. The van der Waals surface area contributed by atoms with Crippen LogP contribution in [0.15, 0.2) is 23.3 Å². The topological polar surface area (TPSA) is 82.1 Å². The quantitative estimate of drug-likeness (QED) is 0.331. The maximum absolute atomic E-state index is 12.0. The van der Waals surface area contributed by atoms with Gasteiger partial charge in [-0.3, -0.25) is 4.79 Å². The number of nitrogens with zero attached hydrogens (tertiary/aromatic N) is 4. The highest BCUT2D eigenvalue weighted by Crippen LogP contribution is 2.18. The van der Waals surface area contributed by atoms with E-state index in [1.807, 2.05) is 6.20 Å². The second-order valence-corrected chi connectivity index (χ2v) is 8.16. The molecule has 3 rings (SSSR count). The summed E-state index contributed by atoms with van der Waals surface area (Å²) in [5.74, 6) is 2.26. The van der Waals surface area contributed by atoms with Gasteiger partial charge in [0.2, 0.25) is 5.91 Å². The van der Waals surface area contributed by atoms with Gasteiger partial charge in [-0.15, -0.1) is 24.0 Å². The second kappa shape index (κ2) is 12.3. The third kappa shape index (κ3) is 7.57. The lowest BCUT2D eigenvalue weighted by atomic mass is 10.1. The molecule has 30 heavy (non-hydrogen) atoms. The number of rotatable bonds is 6. The number of piperidine rings is 1. The van der Waals surface area contributed by atoms with Crippen LogP contribution in [0.25, 0.3) is 0 Å². The zero-order chi connectivity index (χ0) is 20.6. The first-order chi connectivity index (χ1) is 14.0. The molecular weight excluding hydrogens is 495 g/mol. The molecule has 1 atom stereocenters. The smallest absolute Gasteiger partial charge is 0.243 e. The fourth-order valence-electron chi connectivity index (χ4n) is 3.52. The van der Waals surface area contributed by atoms with E-state index >= 15 is 0 Å². The van der Waals surface area contributed by atoms with Gasteiger partial charge in [0.25, 0.3) is 0 Å². The van der Waals surface area contributed by atoms with E-state index in [0.29, 0.717) is 12.0 Å². The number of likely N-dealkylation sites (N-methyl/N-ethyl adjacent to an activating group) is 1. The minimum Gasteiger partial charge on any atom is -0.381 e. The Balaban J connectivity index is 0.00000320. The highest BCUT2D eigenvalue weighted by Gasteiger charge is 2.22. The first kappa shape index (κ1) is 24.6. The summed E-state index contributed by atoms with van der Waals surface area (Å²) in [5.41, 5.74) is 1.18. The third-order valence-corrected chi connectivity index (χ3v) is 5.51. The standard InChI is InChI=1S/C21H34N6O2.HI/c1-16-4-5-19(22-12-16)27-9-6-18(7-10-27)25-21(24-14-20(28)26(2)3)23-13-17-8-11-29-15-17;/h4-5,12,17-18H,6-11,13-15H2,1-3H3,(H2,23,24,25);1H. The lowest BCUT2D eigenvalue weighted by Gasteiger charge is -2.34. The van der Waals surface area contributed by atoms with Crippen molar-refractivity contribution in [2.45, 2.75) is 32.2 Å². The average Bonchev–Trinajstić information content (AvgIpc) is 3.24. The molecule has 8 nitrogen and oxygen atoms in total. The molecular formula is C21H35IN6O2. The lowest BCUT2D eigenvalue weighted by molar-refractivity contribution is -0.127. The number of amides is 1. The summed E-state index contributed by atoms with van der Waals surface area (Å²) >= 11 is 0. The number of aryl methyl sites for hydroxylation is 1. The van der Waals surface area contributed by atoms with Gasteiger partial charge in [0, 0.05) is 58.5 Å². The SMILES string of the molecule is Cc1ccc(N2CCC(NC(=NCC(=O)N(C)C)NCC3CCOC3)CC2)nc1.I. The summed E-state index contributed by atoms with van der Waals surface area (Å²) < 4.78 is 5.46. The van der Waals surface area contributed by atoms with Crippen LogP contribution in [0, 0.1) is 12.8 Å². The fourth-order valence-corrected chi connectivity index (χ4v) is 3.52. The molecule has 0 saturated carbocycles. The van der Waals surface area contributed by atoms with Crippen LogP contribution in [0.3, 0.4) is 0 Å². The second-order valence-electron chi connectivity index (χ2n) is 8.16. The molecule has 0 spiro atoms. The number of carbonyl (C=O) groups is 1. The van der Waals surface area contributed by atoms with Crippen molar-refractivity contribution in [1.29, 1.82) is 0 Å². The molecule has 2 saturated heterocycles. The Morgan fingerprint density at radius 2 is 2.07 bits per heavy atom. The van der Waals surface area contributed by atoms with Gasteiger partial charge in [-0.1, -0.05) is 6.07 Å². The Kier molecular flexibility index (Phi) is 10.1. The maximum Gasteiger partial charge on any atom is 0.243 e. The summed E-state index contributed by atoms with van der Waals surface area (Å²) in [6.45, 7) is 6.54. The van der Waals surface area contributed by atoms with Gasteiger partial charge in [0.05, 0.1) is 6.61 Å². The number of nitrogens with one attached hydrogen (secondary N) is 2. The summed E-state index contributed by atoms with van der Waals surface area (Å²) in [5, 5.41) is 6.95. The number of guanidine groups is 1. The summed E-state index contributed by atoms with van der Waals surface area (Å²) in [6, 6.07) is 4.53. The number of hydrogen-bond donors (Lipinski definition) is 2. The van der Waals surface area contributed by atoms with Gasteiger partial charge in [0.1, 0.15) is 12.4 Å². The van der Waals surface area contributed by atoms with Gasteiger partial charge in [-0.05, 0) is 37.8 Å². The zero-order valence-corrected chi connectivity index (χ0v) is 20.6. The van der Waals surface area contributed by atoms with E-state index in [9.17, 15) is 4.79 Å². The van der Waals surface area contributed by atoms with Crippen molar-refractivity contribution in [1.82, 2.24) is 20.5 Å². The minimum atomic E-state index is -0.00411. The molecule has 1 amide bonds. The number of aromatic nitrogens is 1. The molecule has 3 heterocycles. The number of carbonyl (C=O) groups excluding carboxylic acids is 1. The predicted octanol–water partition coefficient (Wildman–Crippen LogP) is 1.64. The van der Waals surface area contributed by atoms with Crippen LogP contribution in [-0.2, 0) is 9.53 Å². The van der Waals surface area contributed by atoms with Crippen LogP contribution in [0.4, 0.5) is 5.82 Å². The monoisotopic (exact) mass is 530 g/mol.